The van der Waals surface area contributed by atoms with Gasteiger partial charge in [-0.3, -0.25) is 0 Å². The maximum atomic E-state index is 13.5. The summed E-state index contributed by atoms with van der Waals surface area (Å²) in [4.78, 5) is 0. The largest absolute Gasteiger partial charge is 0.416 e. The summed E-state index contributed by atoms with van der Waals surface area (Å²) in [5.74, 6) is -0.335. The van der Waals surface area contributed by atoms with E-state index >= 15 is 0 Å². The van der Waals surface area contributed by atoms with Gasteiger partial charge in [0.1, 0.15) is 0 Å². The first kappa shape index (κ1) is 27.6. The second kappa shape index (κ2) is 9.73. The van der Waals surface area contributed by atoms with Crippen LogP contribution in [0.2, 0.25) is 0 Å². The van der Waals surface area contributed by atoms with Gasteiger partial charge in [0.2, 0.25) is 5.88 Å². The number of halogens is 9. The van der Waals surface area contributed by atoms with Gasteiger partial charge in [-0.2, -0.15) is 39.5 Å². The number of nitrogens with one attached hydrogen (secondary N) is 2. The van der Waals surface area contributed by atoms with Crippen molar-refractivity contribution in [3.8, 4) is 0 Å². The molecule has 0 amide bonds. The topological polar surface area (TPSA) is 50.1 Å². The smallest absolute Gasteiger partial charge is 0.384 e. The maximum Gasteiger partial charge on any atom is 0.416 e. The average molecular weight is 551 g/mol. The molecule has 2 N–H and O–H groups in total. The second-order valence-electron chi connectivity index (χ2n) is 9.38. The van der Waals surface area contributed by atoms with Gasteiger partial charge in [0, 0.05) is 18.3 Å². The van der Waals surface area contributed by atoms with Crippen LogP contribution < -0.4 is 10.6 Å². The highest BCUT2D eigenvalue weighted by atomic mass is 19.4. The Labute approximate surface area is 211 Å². The summed E-state index contributed by atoms with van der Waals surface area (Å²) in [5.41, 5.74) is -2.80. The van der Waals surface area contributed by atoms with Crippen molar-refractivity contribution in [2.24, 2.45) is 5.92 Å². The Kier molecular flexibility index (Phi) is 7.08. The molecule has 38 heavy (non-hydrogen) atoms. The van der Waals surface area contributed by atoms with Crippen LogP contribution in [0.15, 0.2) is 40.9 Å². The summed E-state index contributed by atoms with van der Waals surface area (Å²) < 4.78 is 126. The van der Waals surface area contributed by atoms with Gasteiger partial charge in [-0.25, -0.2) is 0 Å². The standard InChI is InChI=1S/C25H22F9N3O/c1-12-3-18-20(10-19(12)25(32,33)34)35-11-15(8-21(18)36-22-4-13(2)37-38-22)5-14-6-16(23(26,27)28)9-17(7-14)24(29,30)31/h3-4,6-7,9-10,15,21,35-36H,5,8,11H2,1-2H3/t15-,21?/m0/s1. The molecule has 1 aromatic heterocycles. The van der Waals surface area contributed by atoms with E-state index in [4.69, 9.17) is 4.52 Å². The van der Waals surface area contributed by atoms with Crippen molar-refractivity contribution < 1.29 is 44.0 Å². The van der Waals surface area contributed by atoms with Crippen LogP contribution in [0.3, 0.4) is 0 Å². The molecule has 2 heterocycles. The third-order valence-electron chi connectivity index (χ3n) is 6.34. The number of nitrogens with zero attached hydrogens (tertiary/aromatic N) is 1. The molecule has 206 valence electrons. The molecule has 2 aromatic carbocycles. The summed E-state index contributed by atoms with van der Waals surface area (Å²) in [5, 5.41) is 9.74. The molecule has 2 atom stereocenters. The quantitative estimate of drug-likeness (QED) is 0.321. The minimum atomic E-state index is -4.99. The fourth-order valence-corrected chi connectivity index (χ4v) is 4.64. The minimum absolute atomic E-state index is 0.0125. The van der Waals surface area contributed by atoms with Gasteiger partial charge >= 0.3 is 18.5 Å². The van der Waals surface area contributed by atoms with Crippen LogP contribution in [-0.2, 0) is 24.9 Å². The Morgan fingerprint density at radius 3 is 2.03 bits per heavy atom. The SMILES string of the molecule is Cc1cc(NC2C[C@H](Cc3cc(C(F)(F)F)cc(C(F)(F)F)c3)CNc3cc(C(F)(F)F)c(C)cc32)on1. The number of benzene rings is 2. The fraction of sp³-hybridized carbons (Fsp3) is 0.400. The molecular weight excluding hydrogens is 529 g/mol. The molecule has 1 aliphatic rings. The predicted octanol–water partition coefficient (Wildman–Crippen LogP) is 8.18. The predicted molar refractivity (Wildman–Crippen MR) is 121 cm³/mol. The zero-order valence-corrected chi connectivity index (χ0v) is 20.0. The average Bonchev–Trinajstić information content (AvgIpc) is 3.12. The van der Waals surface area contributed by atoms with E-state index in [9.17, 15) is 39.5 Å². The number of aryl methyl sites for hydroxylation is 2. The Bertz CT molecular complexity index is 1280. The summed E-state index contributed by atoms with van der Waals surface area (Å²) in [7, 11) is 0. The van der Waals surface area contributed by atoms with Crippen molar-refractivity contribution in [3.05, 3.63) is 75.5 Å². The van der Waals surface area contributed by atoms with E-state index in [1.54, 1.807) is 13.0 Å². The van der Waals surface area contributed by atoms with E-state index in [0.717, 1.165) is 6.07 Å². The van der Waals surface area contributed by atoms with E-state index in [1.807, 2.05) is 0 Å². The van der Waals surface area contributed by atoms with Crippen molar-refractivity contribution >= 4 is 11.6 Å². The van der Waals surface area contributed by atoms with Crippen LogP contribution in [-0.4, -0.2) is 11.7 Å². The van der Waals surface area contributed by atoms with Crippen molar-refractivity contribution in [3.63, 3.8) is 0 Å². The summed E-state index contributed by atoms with van der Waals surface area (Å²) in [6.07, 6.45) is -14.6. The number of fused-ring (bicyclic) bond motifs is 1. The second-order valence-corrected chi connectivity index (χ2v) is 9.38. The molecule has 0 saturated heterocycles. The molecule has 4 rings (SSSR count). The van der Waals surface area contributed by atoms with E-state index in [1.165, 1.54) is 13.0 Å². The first-order valence-electron chi connectivity index (χ1n) is 11.4. The highest BCUT2D eigenvalue weighted by Crippen LogP contribution is 2.42. The normalized spacial score (nSPS) is 18.5. The third kappa shape index (κ3) is 6.18. The van der Waals surface area contributed by atoms with Crippen molar-refractivity contribution in [1.82, 2.24) is 5.16 Å². The lowest BCUT2D eigenvalue weighted by Gasteiger charge is -2.23. The summed E-state index contributed by atoms with van der Waals surface area (Å²) >= 11 is 0. The molecule has 4 nitrogen and oxygen atoms in total. The zero-order chi connectivity index (χ0) is 28.0. The molecule has 0 bridgehead atoms. The highest BCUT2D eigenvalue weighted by molar-refractivity contribution is 5.60. The summed E-state index contributed by atoms with van der Waals surface area (Å²) in [6.45, 7) is 2.98. The molecule has 13 heteroatoms. The minimum Gasteiger partial charge on any atom is -0.384 e. The Morgan fingerprint density at radius 1 is 0.868 bits per heavy atom. The van der Waals surface area contributed by atoms with E-state index in [2.05, 4.69) is 15.8 Å². The van der Waals surface area contributed by atoms with E-state index in [-0.39, 0.29) is 48.2 Å². The van der Waals surface area contributed by atoms with Crippen LogP contribution in [0.25, 0.3) is 0 Å². The molecule has 0 saturated carbocycles. The van der Waals surface area contributed by atoms with Crippen molar-refractivity contribution in [2.75, 3.05) is 17.2 Å². The van der Waals surface area contributed by atoms with Gasteiger partial charge in [-0.1, -0.05) is 11.2 Å². The summed E-state index contributed by atoms with van der Waals surface area (Å²) in [6, 6.07) is 4.60. The molecule has 1 unspecified atom stereocenters. The molecule has 3 aromatic rings. The van der Waals surface area contributed by atoms with Gasteiger partial charge in [0.05, 0.1) is 28.4 Å². The Morgan fingerprint density at radius 2 is 1.50 bits per heavy atom. The monoisotopic (exact) mass is 551 g/mol. The maximum absolute atomic E-state index is 13.5. The van der Waals surface area contributed by atoms with Gasteiger partial charge < -0.3 is 15.2 Å². The molecule has 0 aliphatic carbocycles. The Hall–Kier alpha value is -3.38. The molecule has 0 fully saturated rings. The number of anilines is 2. The zero-order valence-electron chi connectivity index (χ0n) is 20.0. The lowest BCUT2D eigenvalue weighted by Crippen LogP contribution is -2.19. The van der Waals surface area contributed by atoms with Crippen LogP contribution in [0, 0.1) is 19.8 Å². The van der Waals surface area contributed by atoms with Crippen LogP contribution in [0.5, 0.6) is 0 Å². The number of aromatic nitrogens is 1. The molecule has 0 radical (unpaired) electrons. The van der Waals surface area contributed by atoms with Gasteiger partial charge in [0.15, 0.2) is 0 Å². The lowest BCUT2D eigenvalue weighted by atomic mass is 9.89. The fourth-order valence-electron chi connectivity index (χ4n) is 4.64. The highest BCUT2D eigenvalue weighted by Gasteiger charge is 2.38. The van der Waals surface area contributed by atoms with Crippen LogP contribution >= 0.6 is 0 Å². The van der Waals surface area contributed by atoms with Gasteiger partial charge in [-0.05, 0) is 73.6 Å². The number of hydrogen-bond donors (Lipinski definition) is 2. The van der Waals surface area contributed by atoms with Crippen molar-refractivity contribution in [1.29, 1.82) is 0 Å². The lowest BCUT2D eigenvalue weighted by molar-refractivity contribution is -0.143. The Balaban J connectivity index is 1.71. The number of rotatable bonds is 4. The first-order chi connectivity index (χ1) is 17.5. The third-order valence-corrected chi connectivity index (χ3v) is 6.34. The van der Waals surface area contributed by atoms with Gasteiger partial charge in [0.25, 0.3) is 0 Å². The first-order valence-corrected chi connectivity index (χ1v) is 11.4. The van der Waals surface area contributed by atoms with E-state index < -0.39 is 47.2 Å². The number of alkyl halides is 9. The van der Waals surface area contributed by atoms with Crippen LogP contribution in [0.4, 0.5) is 51.1 Å². The van der Waals surface area contributed by atoms with E-state index in [0.29, 0.717) is 23.4 Å². The van der Waals surface area contributed by atoms with Crippen molar-refractivity contribution in [2.45, 2.75) is 51.3 Å². The van der Waals surface area contributed by atoms with Crippen LogP contribution in [0.1, 0.15) is 51.5 Å². The number of hydrogen-bond acceptors (Lipinski definition) is 4. The molecule has 1 aliphatic heterocycles. The molecule has 0 spiro atoms. The van der Waals surface area contributed by atoms with Gasteiger partial charge in [-0.15, -0.1) is 0 Å². The molecular formula is C25H22F9N3O.